The van der Waals surface area contributed by atoms with Crippen molar-refractivity contribution >= 4 is 28.0 Å². The third-order valence-electron chi connectivity index (χ3n) is 7.11. The van der Waals surface area contributed by atoms with Gasteiger partial charge >= 0.3 is 0 Å². The summed E-state index contributed by atoms with van der Waals surface area (Å²) in [5, 5.41) is 0. The van der Waals surface area contributed by atoms with Gasteiger partial charge in [-0.25, -0.2) is 0 Å². The molecule has 0 atom stereocenters. The van der Waals surface area contributed by atoms with Gasteiger partial charge in [0, 0.05) is 0 Å². The maximum absolute atomic E-state index is 2.30. The zero-order valence-corrected chi connectivity index (χ0v) is 21.9. The van der Waals surface area contributed by atoms with Crippen molar-refractivity contribution in [3.05, 3.63) is 121 Å². The first-order valence-electron chi connectivity index (χ1n) is 13.4. The van der Waals surface area contributed by atoms with Gasteiger partial charge in [-0.3, -0.25) is 0 Å². The fraction of sp³-hybridized carbons (Fsp3) is 0.273. The van der Waals surface area contributed by atoms with E-state index in [1.54, 1.807) is 4.90 Å². The van der Waals surface area contributed by atoms with Gasteiger partial charge in [0.2, 0.25) is 0 Å². The van der Waals surface area contributed by atoms with Gasteiger partial charge in [-0.2, -0.15) is 21.9 Å². The van der Waals surface area contributed by atoms with Gasteiger partial charge < -0.3 is 4.90 Å². The molecular weight excluding hydrogens is 421 g/mol. The average Bonchev–Trinajstić information content (AvgIpc) is 2.94. The summed E-state index contributed by atoms with van der Waals surface area (Å²) < 4.78 is 0. The van der Waals surface area contributed by atoms with Crippen LogP contribution < -0.4 is 26.8 Å². The molecule has 0 spiro atoms. The molecule has 0 aliphatic heterocycles. The minimum absolute atomic E-state index is 1.22. The van der Waals surface area contributed by atoms with Crippen LogP contribution in [0.5, 0.6) is 0 Å². The van der Waals surface area contributed by atoms with Gasteiger partial charge in [0.25, 0.3) is 0 Å². The van der Waals surface area contributed by atoms with Gasteiger partial charge in [-0.05, 0) is 12.8 Å². The molecule has 0 heterocycles. The van der Waals surface area contributed by atoms with E-state index in [-0.39, 0.29) is 0 Å². The second-order valence-corrected chi connectivity index (χ2v) is 9.67. The van der Waals surface area contributed by atoms with Gasteiger partial charge in [0.15, 0.2) is 0 Å². The van der Waals surface area contributed by atoms with Crippen molar-refractivity contribution < 1.29 is 4.90 Å². The Bertz CT molecular complexity index is 894. The Morgan fingerprint density at radius 3 is 0.943 bits per heavy atom. The Labute approximate surface area is 213 Å². The molecule has 182 valence electrons. The van der Waals surface area contributed by atoms with Gasteiger partial charge in [0.1, 0.15) is 6.15 Å². The largest absolute Gasteiger partial charge is 0.337 e. The molecule has 4 aromatic rings. The Kier molecular flexibility index (Phi) is 10.9. The number of nitrogens with one attached hydrogen (secondary N) is 1. The van der Waals surface area contributed by atoms with Crippen LogP contribution in [0.25, 0.3) is 0 Å². The lowest BCUT2D eigenvalue weighted by Gasteiger charge is -2.44. The zero-order valence-electron chi connectivity index (χ0n) is 21.9. The molecule has 4 aromatic carbocycles. The quantitative estimate of drug-likeness (QED) is 0.337. The molecule has 0 radical (unpaired) electrons. The third kappa shape index (κ3) is 6.96. The fourth-order valence-corrected chi connectivity index (χ4v) is 5.20. The smallest absolute Gasteiger partial charge is 0.108 e. The Balaban J connectivity index is 0.000000292. The van der Waals surface area contributed by atoms with E-state index in [0.717, 1.165) is 0 Å². The van der Waals surface area contributed by atoms with E-state index in [0.29, 0.717) is 0 Å². The number of hydrogen-bond acceptors (Lipinski definition) is 0. The molecule has 0 unspecified atom stereocenters. The number of rotatable bonds is 10. The molecule has 35 heavy (non-hydrogen) atoms. The van der Waals surface area contributed by atoms with Crippen LogP contribution in [0.1, 0.15) is 39.5 Å². The van der Waals surface area contributed by atoms with Crippen LogP contribution in [0, 0.1) is 0 Å². The van der Waals surface area contributed by atoms with Crippen LogP contribution in [-0.2, 0) is 0 Å². The summed E-state index contributed by atoms with van der Waals surface area (Å²) in [6, 6.07) is 43.5. The lowest BCUT2D eigenvalue weighted by Crippen LogP contribution is -3.08. The van der Waals surface area contributed by atoms with Crippen molar-refractivity contribution in [1.82, 2.24) is 0 Å². The molecule has 0 bridgehead atoms. The summed E-state index contributed by atoms with van der Waals surface area (Å²) in [7, 11) is 2.30. The fourth-order valence-electron chi connectivity index (χ4n) is 5.20. The summed E-state index contributed by atoms with van der Waals surface area (Å²) >= 11 is 0. The van der Waals surface area contributed by atoms with Crippen molar-refractivity contribution in [2.75, 3.05) is 20.1 Å². The maximum Gasteiger partial charge on any atom is 0.108 e. The standard InChI is InChI=1S/C24H20B.C9H21N/c1-5-13-21(14-6-1)25(22-15-7-2-8-16-22,23-17-9-3-10-18-23)24-19-11-4-12-20-24;1-4-6-8-10(3)9-7-5-2/h1-20H;4-9H2,1-3H3/q-1;/p+1. The minimum Gasteiger partial charge on any atom is -0.337 e. The molecule has 0 amide bonds. The third-order valence-corrected chi connectivity index (χ3v) is 7.11. The Hall–Kier alpha value is -3.10. The number of unbranched alkanes of at least 4 members (excludes halogenated alkanes) is 2. The second kappa shape index (κ2) is 14.3. The first-order valence-corrected chi connectivity index (χ1v) is 13.4. The summed E-state index contributed by atoms with van der Waals surface area (Å²) in [5.41, 5.74) is 5.36. The highest BCUT2D eigenvalue weighted by atomic mass is 15.1. The van der Waals surface area contributed by atoms with E-state index in [9.17, 15) is 0 Å². The predicted octanol–water partition coefficient (Wildman–Crippen LogP) is 4.17. The first kappa shape index (κ1) is 26.5. The molecule has 0 saturated heterocycles. The molecule has 0 fully saturated rings. The summed E-state index contributed by atoms with van der Waals surface area (Å²) in [6.07, 6.45) is 4.23. The summed E-state index contributed by atoms with van der Waals surface area (Å²) in [6.45, 7) is 7.23. The Morgan fingerprint density at radius 1 is 0.457 bits per heavy atom. The van der Waals surface area contributed by atoms with E-state index in [2.05, 4.69) is 142 Å². The SMILES string of the molecule is CCCC[NH+](C)CCCC.c1ccc([B-](c2ccccc2)(c2ccccc2)c2ccccc2)cc1. The van der Waals surface area contributed by atoms with Gasteiger partial charge in [-0.1, -0.05) is 148 Å². The molecule has 0 aromatic heterocycles. The molecule has 4 rings (SSSR count). The van der Waals surface area contributed by atoms with E-state index in [1.807, 2.05) is 0 Å². The normalized spacial score (nSPS) is 11.1. The number of quaternary nitrogens is 1. The molecular formula is C33H42BN. The minimum atomic E-state index is -1.22. The van der Waals surface area contributed by atoms with E-state index >= 15 is 0 Å². The molecule has 0 saturated carbocycles. The van der Waals surface area contributed by atoms with Crippen molar-refractivity contribution in [1.29, 1.82) is 0 Å². The summed E-state index contributed by atoms with van der Waals surface area (Å²) in [5.74, 6) is 0. The van der Waals surface area contributed by atoms with E-state index < -0.39 is 6.15 Å². The molecule has 1 nitrogen and oxygen atoms in total. The monoisotopic (exact) mass is 463 g/mol. The highest BCUT2D eigenvalue weighted by molar-refractivity contribution is 7.19. The summed E-state index contributed by atoms with van der Waals surface area (Å²) in [4.78, 5) is 1.70. The molecule has 0 aliphatic carbocycles. The first-order chi connectivity index (χ1) is 17.2. The Morgan fingerprint density at radius 2 is 0.714 bits per heavy atom. The van der Waals surface area contributed by atoms with Crippen LogP contribution in [0.3, 0.4) is 0 Å². The average molecular weight is 464 g/mol. The van der Waals surface area contributed by atoms with E-state index in [4.69, 9.17) is 0 Å². The predicted molar refractivity (Wildman–Crippen MR) is 156 cm³/mol. The molecule has 2 heteroatoms. The van der Waals surface area contributed by atoms with Crippen LogP contribution >= 0.6 is 0 Å². The van der Waals surface area contributed by atoms with Crippen LogP contribution in [0.2, 0.25) is 0 Å². The molecule has 1 N–H and O–H groups in total. The maximum atomic E-state index is 2.30. The van der Waals surface area contributed by atoms with Crippen LogP contribution in [0.4, 0.5) is 0 Å². The zero-order chi connectivity index (χ0) is 24.8. The van der Waals surface area contributed by atoms with Gasteiger partial charge in [0.05, 0.1) is 20.1 Å². The van der Waals surface area contributed by atoms with Gasteiger partial charge in [-0.15, -0.1) is 0 Å². The van der Waals surface area contributed by atoms with Crippen molar-refractivity contribution in [3.8, 4) is 0 Å². The van der Waals surface area contributed by atoms with E-state index in [1.165, 1.54) is 60.6 Å². The highest BCUT2D eigenvalue weighted by Crippen LogP contribution is 2.09. The lowest BCUT2D eigenvalue weighted by molar-refractivity contribution is -0.880. The van der Waals surface area contributed by atoms with Crippen molar-refractivity contribution in [3.63, 3.8) is 0 Å². The topological polar surface area (TPSA) is 4.44 Å². The van der Waals surface area contributed by atoms with Crippen molar-refractivity contribution in [2.45, 2.75) is 39.5 Å². The lowest BCUT2D eigenvalue weighted by atomic mass is 9.13. The van der Waals surface area contributed by atoms with Crippen LogP contribution in [-0.4, -0.2) is 26.3 Å². The number of benzene rings is 4. The highest BCUT2D eigenvalue weighted by Gasteiger charge is 2.30. The van der Waals surface area contributed by atoms with Crippen LogP contribution in [0.15, 0.2) is 121 Å². The molecule has 0 aliphatic rings. The number of hydrogen-bond donors (Lipinski definition) is 1. The van der Waals surface area contributed by atoms with Crippen molar-refractivity contribution in [2.24, 2.45) is 0 Å². The second-order valence-electron chi connectivity index (χ2n) is 9.67.